The Morgan fingerprint density at radius 1 is 1.35 bits per heavy atom. The number of nitrogens with one attached hydrogen (secondary N) is 1. The molecule has 0 saturated carbocycles. The summed E-state index contributed by atoms with van der Waals surface area (Å²) >= 11 is 7.28. The van der Waals surface area contributed by atoms with Crippen molar-refractivity contribution in [1.82, 2.24) is 9.55 Å². The first-order valence-corrected chi connectivity index (χ1v) is 8.19. The minimum Gasteiger partial charge on any atom is -0.324 e. The lowest BCUT2D eigenvalue weighted by Crippen LogP contribution is -2.31. The second-order valence-electron chi connectivity index (χ2n) is 5.20. The molecule has 7 heteroatoms. The van der Waals surface area contributed by atoms with Crippen LogP contribution in [0.25, 0.3) is 10.2 Å². The number of rotatable bonds is 3. The predicted octanol–water partition coefficient (Wildman–Crippen LogP) is 3.62. The molecule has 0 unspecified atom stereocenters. The summed E-state index contributed by atoms with van der Waals surface area (Å²) < 4.78 is 1.35. The number of carbonyl (C=O) groups excluding carboxylic acids is 1. The van der Waals surface area contributed by atoms with Gasteiger partial charge in [-0.1, -0.05) is 11.6 Å². The number of thiophene rings is 1. The summed E-state index contributed by atoms with van der Waals surface area (Å²) in [6.07, 6.45) is 1.42. The molecular weight excluding hydrogens is 334 g/mol. The first kappa shape index (κ1) is 15.7. The summed E-state index contributed by atoms with van der Waals surface area (Å²) in [6, 6.07) is 7.93. The number of hydrogen-bond acceptors (Lipinski definition) is 4. The van der Waals surface area contributed by atoms with Gasteiger partial charge in [0.2, 0.25) is 5.91 Å². The van der Waals surface area contributed by atoms with Crippen LogP contribution >= 0.6 is 22.9 Å². The largest absolute Gasteiger partial charge is 0.324 e. The van der Waals surface area contributed by atoms with Gasteiger partial charge in [-0.2, -0.15) is 0 Å². The smallest absolute Gasteiger partial charge is 0.262 e. The van der Waals surface area contributed by atoms with Gasteiger partial charge in [0, 0.05) is 15.6 Å². The highest BCUT2D eigenvalue weighted by Crippen LogP contribution is 2.20. The third kappa shape index (κ3) is 3.13. The van der Waals surface area contributed by atoms with Crippen molar-refractivity contribution >= 4 is 44.7 Å². The van der Waals surface area contributed by atoms with Gasteiger partial charge < -0.3 is 5.32 Å². The van der Waals surface area contributed by atoms with Gasteiger partial charge in [-0.05, 0) is 44.2 Å². The number of anilines is 1. The van der Waals surface area contributed by atoms with E-state index in [1.165, 1.54) is 22.2 Å². The van der Waals surface area contributed by atoms with Crippen LogP contribution in [0.4, 0.5) is 5.69 Å². The van der Waals surface area contributed by atoms with Crippen molar-refractivity contribution in [3.05, 3.63) is 56.9 Å². The van der Waals surface area contributed by atoms with E-state index in [-0.39, 0.29) is 11.5 Å². The van der Waals surface area contributed by atoms with Gasteiger partial charge in [-0.25, -0.2) is 4.98 Å². The summed E-state index contributed by atoms with van der Waals surface area (Å²) in [5.41, 5.74) is 0.415. The lowest BCUT2D eigenvalue weighted by molar-refractivity contribution is -0.118. The molecule has 1 atom stereocenters. The van der Waals surface area contributed by atoms with Gasteiger partial charge in [0.15, 0.2) is 0 Å². The Labute approximate surface area is 141 Å². The Kier molecular flexibility index (Phi) is 4.19. The molecule has 1 N–H and O–H groups in total. The number of aryl methyl sites for hydroxylation is 1. The Balaban J connectivity index is 1.88. The van der Waals surface area contributed by atoms with Crippen LogP contribution in [0.1, 0.15) is 17.8 Å². The molecule has 2 heterocycles. The molecule has 2 aromatic heterocycles. The summed E-state index contributed by atoms with van der Waals surface area (Å²) in [7, 11) is 0. The van der Waals surface area contributed by atoms with Crippen LogP contribution in [0.2, 0.25) is 5.02 Å². The second kappa shape index (κ2) is 6.14. The average molecular weight is 348 g/mol. The van der Waals surface area contributed by atoms with Crippen molar-refractivity contribution in [3.8, 4) is 0 Å². The van der Waals surface area contributed by atoms with E-state index in [9.17, 15) is 9.59 Å². The van der Waals surface area contributed by atoms with E-state index in [0.29, 0.717) is 20.9 Å². The zero-order chi connectivity index (χ0) is 16.6. The van der Waals surface area contributed by atoms with E-state index in [1.807, 2.05) is 6.92 Å². The van der Waals surface area contributed by atoms with E-state index in [1.54, 1.807) is 37.3 Å². The highest BCUT2D eigenvalue weighted by Gasteiger charge is 2.18. The van der Waals surface area contributed by atoms with Crippen LogP contribution in [-0.4, -0.2) is 15.5 Å². The minimum absolute atomic E-state index is 0.210. The summed E-state index contributed by atoms with van der Waals surface area (Å²) in [5, 5.41) is 3.90. The van der Waals surface area contributed by atoms with Crippen molar-refractivity contribution in [2.24, 2.45) is 0 Å². The van der Waals surface area contributed by atoms with Crippen LogP contribution in [-0.2, 0) is 4.79 Å². The molecule has 3 rings (SSSR count). The molecule has 0 radical (unpaired) electrons. The van der Waals surface area contributed by atoms with Crippen LogP contribution in [0.5, 0.6) is 0 Å². The van der Waals surface area contributed by atoms with E-state index < -0.39 is 6.04 Å². The van der Waals surface area contributed by atoms with Gasteiger partial charge in [-0.3, -0.25) is 14.2 Å². The topological polar surface area (TPSA) is 64.0 Å². The van der Waals surface area contributed by atoms with Crippen molar-refractivity contribution < 1.29 is 4.79 Å². The van der Waals surface area contributed by atoms with E-state index in [2.05, 4.69) is 10.3 Å². The number of nitrogens with zero attached hydrogens (tertiary/aromatic N) is 2. The maximum Gasteiger partial charge on any atom is 0.262 e. The van der Waals surface area contributed by atoms with Crippen LogP contribution < -0.4 is 10.9 Å². The van der Waals surface area contributed by atoms with Crippen molar-refractivity contribution in [2.45, 2.75) is 19.9 Å². The summed E-state index contributed by atoms with van der Waals surface area (Å²) in [6.45, 7) is 3.59. The molecule has 1 aromatic carbocycles. The first-order valence-electron chi connectivity index (χ1n) is 6.99. The first-order chi connectivity index (χ1) is 11.0. The van der Waals surface area contributed by atoms with Gasteiger partial charge >= 0.3 is 0 Å². The normalized spacial score (nSPS) is 12.3. The molecule has 0 aliphatic carbocycles. The van der Waals surface area contributed by atoms with Gasteiger partial charge in [0.1, 0.15) is 10.9 Å². The molecule has 0 aliphatic heterocycles. The molecule has 1 amide bonds. The molecule has 3 aromatic rings. The van der Waals surface area contributed by atoms with Crippen LogP contribution in [0, 0.1) is 6.92 Å². The van der Waals surface area contributed by atoms with Gasteiger partial charge in [-0.15, -0.1) is 11.3 Å². The lowest BCUT2D eigenvalue weighted by Gasteiger charge is -2.14. The van der Waals surface area contributed by atoms with Gasteiger partial charge in [0.25, 0.3) is 5.56 Å². The zero-order valence-corrected chi connectivity index (χ0v) is 14.1. The molecule has 0 saturated heterocycles. The number of aromatic nitrogens is 2. The Morgan fingerprint density at radius 3 is 2.74 bits per heavy atom. The highest BCUT2D eigenvalue weighted by molar-refractivity contribution is 7.18. The average Bonchev–Trinajstić information content (AvgIpc) is 2.91. The van der Waals surface area contributed by atoms with Gasteiger partial charge in [0.05, 0.1) is 11.7 Å². The lowest BCUT2D eigenvalue weighted by atomic mass is 10.2. The fourth-order valence-electron chi connectivity index (χ4n) is 2.24. The number of halogens is 1. The molecule has 5 nitrogen and oxygen atoms in total. The maximum absolute atomic E-state index is 12.5. The molecule has 0 fully saturated rings. The van der Waals surface area contributed by atoms with Crippen molar-refractivity contribution in [3.63, 3.8) is 0 Å². The van der Waals surface area contributed by atoms with Crippen molar-refractivity contribution in [1.29, 1.82) is 0 Å². The Morgan fingerprint density at radius 2 is 2.04 bits per heavy atom. The standard InChI is InChI=1S/C16H14ClN3O2S/c1-9-7-13-15(23-9)18-8-20(16(13)22)10(2)14(21)19-12-5-3-11(17)4-6-12/h3-8,10H,1-2H3,(H,19,21)/t10-/m0/s1. The molecule has 118 valence electrons. The number of amides is 1. The molecule has 0 aliphatic rings. The summed E-state index contributed by atoms with van der Waals surface area (Å²) in [5.74, 6) is -0.289. The third-order valence-electron chi connectivity index (χ3n) is 3.51. The SMILES string of the molecule is Cc1cc2c(=O)n([C@@H](C)C(=O)Nc3ccc(Cl)cc3)cnc2s1. The summed E-state index contributed by atoms with van der Waals surface area (Å²) in [4.78, 5) is 30.9. The molecule has 0 bridgehead atoms. The molecular formula is C16H14ClN3O2S. The number of carbonyl (C=O) groups is 1. The van der Waals surface area contributed by atoms with Crippen LogP contribution in [0.15, 0.2) is 41.5 Å². The maximum atomic E-state index is 12.5. The third-order valence-corrected chi connectivity index (χ3v) is 4.72. The van der Waals surface area contributed by atoms with E-state index >= 15 is 0 Å². The quantitative estimate of drug-likeness (QED) is 0.787. The number of benzene rings is 1. The van der Waals surface area contributed by atoms with Crippen molar-refractivity contribution in [2.75, 3.05) is 5.32 Å². The number of fused-ring (bicyclic) bond motifs is 1. The Bertz CT molecular complexity index is 931. The fraction of sp³-hybridized carbons (Fsp3) is 0.188. The minimum atomic E-state index is -0.671. The molecule has 23 heavy (non-hydrogen) atoms. The monoisotopic (exact) mass is 347 g/mol. The highest BCUT2D eigenvalue weighted by atomic mass is 35.5. The van der Waals surface area contributed by atoms with E-state index in [0.717, 1.165) is 4.88 Å². The van der Waals surface area contributed by atoms with Crippen LogP contribution in [0.3, 0.4) is 0 Å². The number of hydrogen-bond donors (Lipinski definition) is 1. The molecule has 0 spiro atoms. The zero-order valence-electron chi connectivity index (χ0n) is 12.5. The predicted molar refractivity (Wildman–Crippen MR) is 93.4 cm³/mol. The Hall–Kier alpha value is -2.18. The van der Waals surface area contributed by atoms with E-state index in [4.69, 9.17) is 11.6 Å². The second-order valence-corrected chi connectivity index (χ2v) is 6.88. The fourth-order valence-corrected chi connectivity index (χ4v) is 3.20.